The van der Waals surface area contributed by atoms with Gasteiger partial charge in [0.15, 0.2) is 0 Å². The Bertz CT molecular complexity index is 443. The number of hydrogen-bond donors (Lipinski definition) is 2. The van der Waals surface area contributed by atoms with Crippen LogP contribution in [0.4, 0.5) is 0 Å². The molecule has 1 aromatic rings. The molecular formula is C15H23BrN2OS. The summed E-state index contributed by atoms with van der Waals surface area (Å²) >= 11 is 5.06. The van der Waals surface area contributed by atoms with E-state index in [1.807, 2.05) is 19.1 Å². The average Bonchev–Trinajstić information content (AvgIpc) is 2.91. The van der Waals surface area contributed by atoms with Crippen molar-refractivity contribution in [1.82, 2.24) is 5.32 Å². The maximum absolute atomic E-state index is 12.4. The number of hydrogen-bond acceptors (Lipinski definition) is 3. The molecule has 0 bridgehead atoms. The van der Waals surface area contributed by atoms with E-state index in [1.165, 1.54) is 32.1 Å². The number of nitrogens with two attached hydrogens (primary N) is 1. The third-order valence-electron chi connectivity index (χ3n) is 4.21. The van der Waals surface area contributed by atoms with Crippen molar-refractivity contribution in [2.24, 2.45) is 11.7 Å². The van der Waals surface area contributed by atoms with Crippen molar-refractivity contribution in [2.45, 2.75) is 51.0 Å². The fraction of sp³-hybridized carbons (Fsp3) is 0.667. The number of carbonyl (C=O) groups excluding carboxylic acids is 1. The van der Waals surface area contributed by atoms with Crippen LogP contribution >= 0.6 is 27.3 Å². The minimum Gasteiger partial charge on any atom is -0.351 e. The average molecular weight is 359 g/mol. The van der Waals surface area contributed by atoms with Crippen molar-refractivity contribution in [3.05, 3.63) is 20.8 Å². The highest BCUT2D eigenvalue weighted by molar-refractivity contribution is 9.11. The van der Waals surface area contributed by atoms with E-state index >= 15 is 0 Å². The molecule has 3 N–H and O–H groups in total. The molecule has 1 aliphatic rings. The van der Waals surface area contributed by atoms with Crippen LogP contribution in [0.25, 0.3) is 0 Å². The summed E-state index contributed by atoms with van der Waals surface area (Å²) in [5, 5.41) is 3.17. The molecule has 1 amide bonds. The first-order valence-corrected chi connectivity index (χ1v) is 8.98. The second-order valence-electron chi connectivity index (χ2n) is 5.61. The lowest BCUT2D eigenvalue weighted by Gasteiger charge is -2.30. The Hall–Kier alpha value is -0.390. The van der Waals surface area contributed by atoms with E-state index in [-0.39, 0.29) is 17.9 Å². The molecule has 1 aromatic heterocycles. The van der Waals surface area contributed by atoms with Crippen molar-refractivity contribution in [2.75, 3.05) is 6.54 Å². The molecule has 20 heavy (non-hydrogen) atoms. The molecule has 2 unspecified atom stereocenters. The summed E-state index contributed by atoms with van der Waals surface area (Å²) in [7, 11) is 0. The van der Waals surface area contributed by atoms with E-state index in [4.69, 9.17) is 5.73 Å². The van der Waals surface area contributed by atoms with Crippen molar-refractivity contribution in [3.8, 4) is 0 Å². The summed E-state index contributed by atoms with van der Waals surface area (Å²) < 4.78 is 1.06. The number of carbonyl (C=O) groups is 1. The molecule has 0 spiro atoms. The first kappa shape index (κ1) is 16.0. The van der Waals surface area contributed by atoms with Gasteiger partial charge in [-0.1, -0.05) is 19.3 Å². The van der Waals surface area contributed by atoms with Gasteiger partial charge in [-0.3, -0.25) is 4.79 Å². The van der Waals surface area contributed by atoms with Crippen molar-refractivity contribution < 1.29 is 4.79 Å². The summed E-state index contributed by atoms with van der Waals surface area (Å²) in [5.41, 5.74) is 5.88. The quantitative estimate of drug-likeness (QED) is 0.843. The molecule has 0 aliphatic heterocycles. The number of rotatable bonds is 5. The van der Waals surface area contributed by atoms with Gasteiger partial charge in [0.2, 0.25) is 5.91 Å². The van der Waals surface area contributed by atoms with Crippen LogP contribution in [0, 0.1) is 5.92 Å². The standard InChI is InChI=1S/C15H23BrN2OS/c1-10(13-7-8-14(16)20-13)15(19)18-12(9-17)11-5-3-2-4-6-11/h7-8,10-12H,2-6,9,17H2,1H3,(H,18,19). The summed E-state index contributed by atoms with van der Waals surface area (Å²) in [6.45, 7) is 2.50. The molecule has 0 radical (unpaired) electrons. The molecule has 3 nitrogen and oxygen atoms in total. The molecule has 112 valence electrons. The first-order valence-electron chi connectivity index (χ1n) is 7.37. The van der Waals surface area contributed by atoms with E-state index in [2.05, 4.69) is 21.2 Å². The highest BCUT2D eigenvalue weighted by Crippen LogP contribution is 2.30. The Labute approximate surface area is 133 Å². The molecule has 2 rings (SSSR count). The normalized spacial score (nSPS) is 19.6. The van der Waals surface area contributed by atoms with Gasteiger partial charge in [-0.05, 0) is 53.7 Å². The maximum atomic E-state index is 12.4. The maximum Gasteiger partial charge on any atom is 0.228 e. The van der Waals surface area contributed by atoms with Crippen molar-refractivity contribution in [3.63, 3.8) is 0 Å². The molecule has 0 saturated heterocycles. The Kier molecular flexibility index (Phi) is 6.05. The smallest absolute Gasteiger partial charge is 0.228 e. The molecule has 1 aliphatic carbocycles. The molecule has 0 aromatic carbocycles. The lowest BCUT2D eigenvalue weighted by Crippen LogP contribution is -2.47. The van der Waals surface area contributed by atoms with Gasteiger partial charge in [0.05, 0.1) is 9.70 Å². The van der Waals surface area contributed by atoms with Crippen LogP contribution in [0.3, 0.4) is 0 Å². The molecule has 1 heterocycles. The minimum atomic E-state index is -0.107. The fourth-order valence-electron chi connectivity index (χ4n) is 2.90. The van der Waals surface area contributed by atoms with Crippen LogP contribution in [0.15, 0.2) is 15.9 Å². The van der Waals surface area contributed by atoms with Crippen LogP contribution in [0.5, 0.6) is 0 Å². The summed E-state index contributed by atoms with van der Waals surface area (Å²) in [5.74, 6) is 0.546. The van der Waals surface area contributed by atoms with Crippen molar-refractivity contribution >= 4 is 33.2 Å². The van der Waals surface area contributed by atoms with Crippen LogP contribution in [-0.2, 0) is 4.79 Å². The van der Waals surface area contributed by atoms with E-state index in [1.54, 1.807) is 11.3 Å². The van der Waals surface area contributed by atoms with Gasteiger partial charge in [-0.25, -0.2) is 0 Å². The van der Waals surface area contributed by atoms with Crippen LogP contribution < -0.4 is 11.1 Å². The summed E-state index contributed by atoms with van der Waals surface area (Å²) in [4.78, 5) is 13.5. The monoisotopic (exact) mass is 358 g/mol. The first-order chi connectivity index (χ1) is 9.61. The summed E-state index contributed by atoms with van der Waals surface area (Å²) in [6, 6.07) is 4.14. The third kappa shape index (κ3) is 4.06. The lowest BCUT2D eigenvalue weighted by molar-refractivity contribution is -0.123. The zero-order valence-corrected chi connectivity index (χ0v) is 14.3. The zero-order chi connectivity index (χ0) is 14.5. The number of nitrogens with one attached hydrogen (secondary N) is 1. The van der Waals surface area contributed by atoms with Gasteiger partial charge in [-0.2, -0.15) is 0 Å². The minimum absolute atomic E-state index is 0.0976. The van der Waals surface area contributed by atoms with Gasteiger partial charge in [0.1, 0.15) is 0 Å². The van der Waals surface area contributed by atoms with E-state index in [0.29, 0.717) is 12.5 Å². The molecule has 1 saturated carbocycles. The van der Waals surface area contributed by atoms with Crippen LogP contribution in [-0.4, -0.2) is 18.5 Å². The van der Waals surface area contributed by atoms with Gasteiger partial charge in [0.25, 0.3) is 0 Å². The van der Waals surface area contributed by atoms with Crippen LogP contribution in [0.1, 0.15) is 49.8 Å². The topological polar surface area (TPSA) is 55.1 Å². The highest BCUT2D eigenvalue weighted by atomic mass is 79.9. The van der Waals surface area contributed by atoms with Crippen LogP contribution in [0.2, 0.25) is 0 Å². The Morgan fingerprint density at radius 1 is 1.45 bits per heavy atom. The van der Waals surface area contributed by atoms with E-state index in [0.717, 1.165) is 8.66 Å². The van der Waals surface area contributed by atoms with E-state index < -0.39 is 0 Å². The SMILES string of the molecule is CC(C(=O)NC(CN)C1CCCCC1)c1ccc(Br)s1. The van der Waals surface area contributed by atoms with Gasteiger partial charge in [0, 0.05) is 17.5 Å². The van der Waals surface area contributed by atoms with Crippen molar-refractivity contribution in [1.29, 1.82) is 0 Å². The van der Waals surface area contributed by atoms with Gasteiger partial charge < -0.3 is 11.1 Å². The summed E-state index contributed by atoms with van der Waals surface area (Å²) in [6.07, 6.45) is 6.25. The fourth-order valence-corrected chi connectivity index (χ4v) is 4.38. The Morgan fingerprint density at radius 3 is 2.70 bits per heavy atom. The highest BCUT2D eigenvalue weighted by Gasteiger charge is 2.26. The number of amides is 1. The second-order valence-corrected chi connectivity index (χ2v) is 8.11. The predicted octanol–water partition coefficient (Wildman–Crippen LogP) is 3.64. The molecular weight excluding hydrogens is 336 g/mol. The molecule has 1 fully saturated rings. The Balaban J connectivity index is 1.94. The second kappa shape index (κ2) is 7.57. The predicted molar refractivity (Wildman–Crippen MR) is 88.0 cm³/mol. The Morgan fingerprint density at radius 2 is 2.15 bits per heavy atom. The number of thiophene rings is 1. The largest absolute Gasteiger partial charge is 0.351 e. The zero-order valence-electron chi connectivity index (χ0n) is 11.9. The molecule has 5 heteroatoms. The van der Waals surface area contributed by atoms with E-state index in [9.17, 15) is 4.79 Å². The third-order valence-corrected chi connectivity index (χ3v) is 6.02. The van der Waals surface area contributed by atoms with Gasteiger partial charge >= 0.3 is 0 Å². The lowest BCUT2D eigenvalue weighted by atomic mass is 9.83. The number of halogens is 1. The molecule has 2 atom stereocenters. The van der Waals surface area contributed by atoms with Gasteiger partial charge in [-0.15, -0.1) is 11.3 Å².